The molecule has 0 bridgehead atoms. The lowest BCUT2D eigenvalue weighted by Crippen LogP contribution is -2.28. The largest absolute Gasteiger partial charge is 0.352 e. The molecule has 0 spiro atoms. The highest BCUT2D eigenvalue weighted by Crippen LogP contribution is 2.07. The molecular formula is C6H9N3OS. The van der Waals surface area contributed by atoms with Crippen molar-refractivity contribution in [2.45, 2.75) is 13.5 Å². The van der Waals surface area contributed by atoms with Gasteiger partial charge < -0.3 is 11.1 Å². The fraction of sp³-hybridized carbons (Fsp3) is 0.333. The second-order valence-corrected chi connectivity index (χ2v) is 3.04. The van der Waals surface area contributed by atoms with Crippen LogP contribution in [0.15, 0.2) is 5.38 Å². The number of amides is 2. The Balaban J connectivity index is 2.45. The van der Waals surface area contributed by atoms with Crippen LogP contribution in [0.3, 0.4) is 0 Å². The summed E-state index contributed by atoms with van der Waals surface area (Å²) in [6.45, 7) is 2.33. The van der Waals surface area contributed by atoms with Crippen LogP contribution in [0.2, 0.25) is 0 Å². The molecule has 1 aromatic heterocycles. The predicted molar refractivity (Wildman–Crippen MR) is 43.3 cm³/mol. The van der Waals surface area contributed by atoms with Crippen LogP contribution < -0.4 is 11.1 Å². The first-order valence-electron chi connectivity index (χ1n) is 3.13. The third-order valence-corrected chi connectivity index (χ3v) is 2.05. The van der Waals surface area contributed by atoms with Gasteiger partial charge in [-0.05, 0) is 6.92 Å². The van der Waals surface area contributed by atoms with E-state index in [2.05, 4.69) is 10.3 Å². The number of hydrogen-bond acceptors (Lipinski definition) is 3. The highest BCUT2D eigenvalue weighted by molar-refractivity contribution is 7.09. The van der Waals surface area contributed by atoms with Crippen molar-refractivity contribution in [1.82, 2.24) is 10.3 Å². The summed E-state index contributed by atoms with van der Waals surface area (Å²) in [5.74, 6) is 0. The molecule has 1 aromatic rings. The maximum absolute atomic E-state index is 10.3. The van der Waals surface area contributed by atoms with E-state index >= 15 is 0 Å². The van der Waals surface area contributed by atoms with E-state index in [0.29, 0.717) is 6.54 Å². The number of aryl methyl sites for hydroxylation is 1. The fourth-order valence-corrected chi connectivity index (χ4v) is 1.36. The van der Waals surface area contributed by atoms with Gasteiger partial charge in [-0.15, -0.1) is 11.3 Å². The summed E-state index contributed by atoms with van der Waals surface area (Å²) in [6, 6.07) is -0.516. The monoisotopic (exact) mass is 171 g/mol. The van der Waals surface area contributed by atoms with Crippen LogP contribution in [0.1, 0.15) is 10.7 Å². The summed E-state index contributed by atoms with van der Waals surface area (Å²) in [4.78, 5) is 14.4. The quantitative estimate of drug-likeness (QED) is 0.685. The van der Waals surface area contributed by atoms with Crippen LogP contribution in [0.25, 0.3) is 0 Å². The maximum atomic E-state index is 10.3. The van der Waals surface area contributed by atoms with Crippen molar-refractivity contribution < 1.29 is 4.79 Å². The first kappa shape index (κ1) is 8.00. The van der Waals surface area contributed by atoms with Crippen LogP contribution in [0, 0.1) is 6.92 Å². The van der Waals surface area contributed by atoms with Crippen LogP contribution >= 0.6 is 11.3 Å². The number of urea groups is 1. The second kappa shape index (κ2) is 3.34. The third-order valence-electron chi connectivity index (χ3n) is 1.08. The maximum Gasteiger partial charge on any atom is 0.312 e. The third kappa shape index (κ3) is 2.55. The van der Waals surface area contributed by atoms with Gasteiger partial charge in [-0.1, -0.05) is 0 Å². The molecule has 4 nitrogen and oxygen atoms in total. The number of aromatic nitrogens is 1. The van der Waals surface area contributed by atoms with Crippen molar-refractivity contribution >= 4 is 17.4 Å². The van der Waals surface area contributed by atoms with Crippen LogP contribution in [-0.2, 0) is 6.54 Å². The van der Waals surface area contributed by atoms with Gasteiger partial charge in [-0.2, -0.15) is 0 Å². The average Bonchev–Trinajstić information content (AvgIpc) is 2.31. The molecule has 0 atom stereocenters. The second-order valence-electron chi connectivity index (χ2n) is 2.10. The minimum absolute atomic E-state index is 0.424. The molecule has 0 radical (unpaired) electrons. The lowest BCUT2D eigenvalue weighted by molar-refractivity contribution is 0.248. The van der Waals surface area contributed by atoms with Gasteiger partial charge in [0.25, 0.3) is 0 Å². The van der Waals surface area contributed by atoms with Gasteiger partial charge in [0.05, 0.1) is 6.54 Å². The summed E-state index contributed by atoms with van der Waals surface area (Å²) in [5.41, 5.74) is 5.84. The molecule has 0 fully saturated rings. The molecule has 5 heteroatoms. The number of nitrogens with zero attached hydrogens (tertiary/aromatic N) is 1. The first-order valence-corrected chi connectivity index (χ1v) is 4.01. The highest BCUT2D eigenvalue weighted by atomic mass is 32.1. The molecule has 3 N–H and O–H groups in total. The number of nitrogens with one attached hydrogen (secondary N) is 1. The van der Waals surface area contributed by atoms with Gasteiger partial charge in [0.1, 0.15) is 5.01 Å². The van der Waals surface area contributed by atoms with E-state index in [-0.39, 0.29) is 0 Å². The summed E-state index contributed by atoms with van der Waals surface area (Å²) in [5, 5.41) is 5.27. The summed E-state index contributed by atoms with van der Waals surface area (Å²) < 4.78 is 0. The van der Waals surface area contributed by atoms with Crippen molar-refractivity contribution in [3.8, 4) is 0 Å². The Labute approximate surface area is 68.4 Å². The minimum Gasteiger partial charge on any atom is -0.352 e. The van der Waals surface area contributed by atoms with Crippen molar-refractivity contribution in [2.24, 2.45) is 5.73 Å². The number of rotatable bonds is 2. The Kier molecular flexibility index (Phi) is 2.43. The van der Waals surface area contributed by atoms with E-state index in [1.165, 1.54) is 11.3 Å². The molecule has 0 aliphatic heterocycles. The molecule has 2 amide bonds. The normalized spacial score (nSPS) is 9.55. The Bertz CT molecular complexity index is 258. The zero-order chi connectivity index (χ0) is 8.27. The van der Waals surface area contributed by atoms with Crippen molar-refractivity contribution in [2.75, 3.05) is 0 Å². The lowest BCUT2D eigenvalue weighted by Gasteiger charge is -1.95. The number of carbonyl (C=O) groups is 1. The van der Waals surface area contributed by atoms with Crippen molar-refractivity contribution in [3.05, 3.63) is 16.1 Å². The zero-order valence-electron chi connectivity index (χ0n) is 6.13. The van der Waals surface area contributed by atoms with E-state index in [1.54, 1.807) is 0 Å². The molecule has 0 aliphatic rings. The molecule has 0 saturated heterocycles. The number of nitrogens with two attached hydrogens (primary N) is 1. The van der Waals surface area contributed by atoms with Crippen LogP contribution in [-0.4, -0.2) is 11.0 Å². The van der Waals surface area contributed by atoms with Gasteiger partial charge in [0.2, 0.25) is 0 Å². The molecule has 60 valence electrons. The van der Waals surface area contributed by atoms with Gasteiger partial charge in [-0.25, -0.2) is 9.78 Å². The standard InChI is InChI=1S/C6H9N3OS/c1-4-3-11-5(9-4)2-8-6(7)10/h3H,2H2,1H3,(H3,7,8,10). The molecule has 0 aromatic carbocycles. The molecule has 1 heterocycles. The minimum atomic E-state index is -0.516. The molecule has 0 aliphatic carbocycles. The van der Waals surface area contributed by atoms with Gasteiger partial charge in [0.15, 0.2) is 0 Å². The molecule has 11 heavy (non-hydrogen) atoms. The Morgan fingerprint density at radius 1 is 1.91 bits per heavy atom. The lowest BCUT2D eigenvalue weighted by atomic mass is 10.6. The van der Waals surface area contributed by atoms with E-state index in [4.69, 9.17) is 5.73 Å². The van der Waals surface area contributed by atoms with Gasteiger partial charge in [0, 0.05) is 11.1 Å². The van der Waals surface area contributed by atoms with E-state index < -0.39 is 6.03 Å². The van der Waals surface area contributed by atoms with E-state index in [9.17, 15) is 4.79 Å². The number of carbonyl (C=O) groups excluding carboxylic acids is 1. The average molecular weight is 171 g/mol. The summed E-state index contributed by atoms with van der Waals surface area (Å²) in [6.07, 6.45) is 0. The highest BCUT2D eigenvalue weighted by Gasteiger charge is 1.98. The molecular weight excluding hydrogens is 162 g/mol. The summed E-state index contributed by atoms with van der Waals surface area (Å²) >= 11 is 1.51. The van der Waals surface area contributed by atoms with Crippen molar-refractivity contribution in [1.29, 1.82) is 0 Å². The molecule has 0 unspecified atom stereocenters. The van der Waals surface area contributed by atoms with E-state index in [1.807, 2.05) is 12.3 Å². The van der Waals surface area contributed by atoms with Crippen LogP contribution in [0.4, 0.5) is 4.79 Å². The predicted octanol–water partition coefficient (Wildman–Crippen LogP) is 0.620. The number of thiazole rings is 1. The van der Waals surface area contributed by atoms with E-state index in [0.717, 1.165) is 10.7 Å². The Morgan fingerprint density at radius 2 is 2.64 bits per heavy atom. The number of hydrogen-bond donors (Lipinski definition) is 2. The van der Waals surface area contributed by atoms with Gasteiger partial charge >= 0.3 is 6.03 Å². The van der Waals surface area contributed by atoms with Gasteiger partial charge in [-0.3, -0.25) is 0 Å². The summed E-state index contributed by atoms with van der Waals surface area (Å²) in [7, 11) is 0. The SMILES string of the molecule is Cc1csc(CNC(N)=O)n1. The van der Waals surface area contributed by atoms with Crippen LogP contribution in [0.5, 0.6) is 0 Å². The topological polar surface area (TPSA) is 68.0 Å². The molecule has 1 rings (SSSR count). The smallest absolute Gasteiger partial charge is 0.312 e. The van der Waals surface area contributed by atoms with Crippen molar-refractivity contribution in [3.63, 3.8) is 0 Å². The fourth-order valence-electron chi connectivity index (χ4n) is 0.647. The number of primary amides is 1. The Morgan fingerprint density at radius 3 is 3.09 bits per heavy atom. The zero-order valence-corrected chi connectivity index (χ0v) is 6.94. The first-order chi connectivity index (χ1) is 5.18. The molecule has 0 saturated carbocycles. The Hall–Kier alpha value is -1.10.